The molecule has 0 radical (unpaired) electrons. The average Bonchev–Trinajstić information content (AvgIpc) is 3.15. The number of alkyl carbamates (subject to hydrolysis) is 1. The highest BCUT2D eigenvalue weighted by atomic mass is 16.5. The van der Waals surface area contributed by atoms with Crippen molar-refractivity contribution in [3.63, 3.8) is 0 Å². The van der Waals surface area contributed by atoms with Crippen LogP contribution in [0.15, 0.2) is 48.5 Å². The minimum absolute atomic E-state index is 0.0323. The predicted octanol–water partition coefficient (Wildman–Crippen LogP) is 3.17. The van der Waals surface area contributed by atoms with Gasteiger partial charge in [-0.25, -0.2) is 4.79 Å². The molecule has 2 aromatic carbocycles. The van der Waals surface area contributed by atoms with Gasteiger partial charge < -0.3 is 20.1 Å². The van der Waals surface area contributed by atoms with Gasteiger partial charge in [0.1, 0.15) is 12.6 Å². The third-order valence-electron chi connectivity index (χ3n) is 6.68. The predicted molar refractivity (Wildman–Crippen MR) is 132 cm³/mol. The standard InChI is InChI=1S/C27H33N3O5/c1-18(2)15-24(26(33)30-13-11-29(12-14-30)16-25(31)32)28-27(34)35-17-23-21-9-5-3-7-19(21)20-8-4-6-10-22(20)23/h3-10,18,23-24H,11-17H2,1-2H3,(H,28,34)(H,31,32). The number of carboxylic acids is 1. The highest BCUT2D eigenvalue weighted by Crippen LogP contribution is 2.44. The number of nitrogens with zero attached hydrogens (tertiary/aromatic N) is 2. The quantitative estimate of drug-likeness (QED) is 0.604. The summed E-state index contributed by atoms with van der Waals surface area (Å²) in [5.74, 6) is -0.873. The number of amides is 2. The summed E-state index contributed by atoms with van der Waals surface area (Å²) in [4.78, 5) is 40.5. The van der Waals surface area contributed by atoms with Gasteiger partial charge in [-0.3, -0.25) is 14.5 Å². The fraction of sp³-hybridized carbons (Fsp3) is 0.444. The zero-order valence-electron chi connectivity index (χ0n) is 20.3. The number of fused-ring (bicyclic) bond motifs is 3. The molecule has 1 aliphatic carbocycles. The van der Waals surface area contributed by atoms with Crippen LogP contribution < -0.4 is 5.32 Å². The Balaban J connectivity index is 1.37. The zero-order valence-corrected chi connectivity index (χ0v) is 20.3. The molecule has 0 saturated carbocycles. The molecule has 35 heavy (non-hydrogen) atoms. The van der Waals surface area contributed by atoms with Crippen LogP contribution >= 0.6 is 0 Å². The fourth-order valence-electron chi connectivity index (χ4n) is 5.01. The van der Waals surface area contributed by atoms with Crippen molar-refractivity contribution in [3.05, 3.63) is 59.7 Å². The number of benzene rings is 2. The maximum atomic E-state index is 13.2. The number of aliphatic carboxylic acids is 1. The highest BCUT2D eigenvalue weighted by Gasteiger charge is 2.32. The summed E-state index contributed by atoms with van der Waals surface area (Å²) < 4.78 is 5.66. The maximum absolute atomic E-state index is 13.2. The topological polar surface area (TPSA) is 99.2 Å². The van der Waals surface area contributed by atoms with Crippen LogP contribution in [-0.4, -0.2) is 78.2 Å². The summed E-state index contributed by atoms with van der Waals surface area (Å²) in [7, 11) is 0. The first-order chi connectivity index (χ1) is 16.8. The smallest absolute Gasteiger partial charge is 0.407 e. The van der Waals surface area contributed by atoms with Crippen molar-refractivity contribution >= 4 is 18.0 Å². The van der Waals surface area contributed by atoms with E-state index in [-0.39, 0.29) is 30.9 Å². The Morgan fingerprint density at radius 2 is 1.54 bits per heavy atom. The third kappa shape index (κ3) is 5.82. The second-order valence-corrected chi connectivity index (χ2v) is 9.65. The minimum atomic E-state index is -0.876. The SMILES string of the molecule is CC(C)CC(NC(=O)OCC1c2ccccc2-c2ccccc21)C(=O)N1CCN(CC(=O)O)CC1. The Morgan fingerprint density at radius 3 is 2.09 bits per heavy atom. The van der Waals surface area contributed by atoms with Crippen LogP contribution in [0.2, 0.25) is 0 Å². The lowest BCUT2D eigenvalue weighted by Gasteiger charge is -2.36. The van der Waals surface area contributed by atoms with E-state index in [9.17, 15) is 14.4 Å². The normalized spacial score (nSPS) is 16.5. The molecule has 2 aromatic rings. The molecule has 1 aliphatic heterocycles. The second kappa shape index (κ2) is 10.9. The molecule has 8 heteroatoms. The molecule has 2 N–H and O–H groups in total. The van der Waals surface area contributed by atoms with Gasteiger partial charge in [0, 0.05) is 32.1 Å². The number of piperazine rings is 1. The Labute approximate surface area is 205 Å². The molecule has 1 fully saturated rings. The summed E-state index contributed by atoms with van der Waals surface area (Å²) in [6, 6.07) is 15.6. The number of carboxylic acid groups (broad SMARTS) is 1. The van der Waals surface area contributed by atoms with Crippen LogP contribution in [0.25, 0.3) is 11.1 Å². The number of hydrogen-bond acceptors (Lipinski definition) is 5. The van der Waals surface area contributed by atoms with Gasteiger partial charge in [-0.2, -0.15) is 0 Å². The number of carbonyl (C=O) groups is 3. The number of nitrogens with one attached hydrogen (secondary N) is 1. The van der Waals surface area contributed by atoms with Crippen molar-refractivity contribution in [3.8, 4) is 11.1 Å². The van der Waals surface area contributed by atoms with Gasteiger partial charge in [-0.1, -0.05) is 62.4 Å². The molecule has 1 heterocycles. The molecule has 0 spiro atoms. The van der Waals surface area contributed by atoms with E-state index in [0.717, 1.165) is 22.3 Å². The van der Waals surface area contributed by atoms with Crippen LogP contribution in [-0.2, 0) is 14.3 Å². The molecule has 4 rings (SSSR count). The number of carbonyl (C=O) groups excluding carboxylic acids is 2. The monoisotopic (exact) mass is 479 g/mol. The van der Waals surface area contributed by atoms with Crippen molar-refractivity contribution in [2.45, 2.75) is 32.2 Å². The lowest BCUT2D eigenvalue weighted by molar-refractivity contribution is -0.140. The highest BCUT2D eigenvalue weighted by molar-refractivity contribution is 5.86. The van der Waals surface area contributed by atoms with E-state index in [1.165, 1.54) is 0 Å². The molecule has 8 nitrogen and oxygen atoms in total. The fourth-order valence-corrected chi connectivity index (χ4v) is 5.01. The van der Waals surface area contributed by atoms with Crippen LogP contribution in [0, 0.1) is 5.92 Å². The molecule has 1 unspecified atom stereocenters. The van der Waals surface area contributed by atoms with Crippen LogP contribution in [0.3, 0.4) is 0 Å². The Morgan fingerprint density at radius 1 is 0.971 bits per heavy atom. The molecule has 1 atom stereocenters. The lowest BCUT2D eigenvalue weighted by atomic mass is 9.98. The lowest BCUT2D eigenvalue weighted by Crippen LogP contribution is -2.55. The maximum Gasteiger partial charge on any atom is 0.407 e. The van der Waals surface area contributed by atoms with E-state index in [2.05, 4.69) is 29.6 Å². The van der Waals surface area contributed by atoms with E-state index in [0.29, 0.717) is 32.6 Å². The van der Waals surface area contributed by atoms with E-state index < -0.39 is 18.1 Å². The summed E-state index contributed by atoms with van der Waals surface area (Å²) in [6.07, 6.45) is -0.103. The molecule has 0 aromatic heterocycles. The van der Waals surface area contributed by atoms with Gasteiger partial charge in [0.25, 0.3) is 0 Å². The number of ether oxygens (including phenoxy) is 1. The third-order valence-corrected chi connectivity index (χ3v) is 6.68. The summed E-state index contributed by atoms with van der Waals surface area (Å²) >= 11 is 0. The molecule has 2 aliphatic rings. The van der Waals surface area contributed by atoms with E-state index in [4.69, 9.17) is 9.84 Å². The first-order valence-corrected chi connectivity index (χ1v) is 12.2. The molecule has 2 amide bonds. The average molecular weight is 480 g/mol. The molecule has 186 valence electrons. The van der Waals surface area contributed by atoms with Crippen LogP contribution in [0.1, 0.15) is 37.3 Å². The van der Waals surface area contributed by atoms with Crippen molar-refractivity contribution in [1.29, 1.82) is 0 Å². The van der Waals surface area contributed by atoms with Crippen molar-refractivity contribution in [2.24, 2.45) is 5.92 Å². The summed E-state index contributed by atoms with van der Waals surface area (Å²) in [5.41, 5.74) is 4.59. The van der Waals surface area contributed by atoms with Gasteiger partial charge in [0.15, 0.2) is 0 Å². The Kier molecular flexibility index (Phi) is 7.70. The van der Waals surface area contributed by atoms with E-state index >= 15 is 0 Å². The summed E-state index contributed by atoms with van der Waals surface area (Å²) in [5, 5.41) is 11.8. The van der Waals surface area contributed by atoms with Crippen LogP contribution in [0.4, 0.5) is 4.79 Å². The molecule has 0 bridgehead atoms. The van der Waals surface area contributed by atoms with Crippen LogP contribution in [0.5, 0.6) is 0 Å². The van der Waals surface area contributed by atoms with Crippen molar-refractivity contribution < 1.29 is 24.2 Å². The minimum Gasteiger partial charge on any atom is -0.480 e. The first-order valence-electron chi connectivity index (χ1n) is 12.2. The summed E-state index contributed by atoms with van der Waals surface area (Å²) in [6.45, 7) is 6.04. The largest absolute Gasteiger partial charge is 0.480 e. The van der Waals surface area contributed by atoms with Gasteiger partial charge >= 0.3 is 12.1 Å². The van der Waals surface area contributed by atoms with Gasteiger partial charge in [0.05, 0.1) is 6.54 Å². The van der Waals surface area contributed by atoms with Gasteiger partial charge in [-0.15, -0.1) is 0 Å². The van der Waals surface area contributed by atoms with Gasteiger partial charge in [0.2, 0.25) is 5.91 Å². The van der Waals surface area contributed by atoms with E-state index in [1.54, 1.807) is 4.90 Å². The second-order valence-electron chi connectivity index (χ2n) is 9.65. The Bertz CT molecular complexity index is 1030. The van der Waals surface area contributed by atoms with E-state index in [1.807, 2.05) is 43.0 Å². The van der Waals surface area contributed by atoms with Gasteiger partial charge in [-0.05, 0) is 34.6 Å². The number of rotatable bonds is 8. The Hall–Kier alpha value is -3.39. The molecule has 1 saturated heterocycles. The molecular weight excluding hydrogens is 446 g/mol. The zero-order chi connectivity index (χ0) is 24.9. The van der Waals surface area contributed by atoms with Crippen molar-refractivity contribution in [1.82, 2.24) is 15.1 Å². The number of hydrogen-bond donors (Lipinski definition) is 2. The first kappa shape index (κ1) is 24.7. The molecular formula is C27H33N3O5. The van der Waals surface area contributed by atoms with Crippen molar-refractivity contribution in [2.75, 3.05) is 39.3 Å².